The van der Waals surface area contributed by atoms with Gasteiger partial charge in [0, 0.05) is 44.2 Å². The van der Waals surface area contributed by atoms with Crippen LogP contribution in [0.3, 0.4) is 0 Å². The lowest BCUT2D eigenvalue weighted by Crippen LogP contribution is -2.38. The van der Waals surface area contributed by atoms with Crippen LogP contribution in [0.5, 0.6) is 11.5 Å². The fourth-order valence-electron chi connectivity index (χ4n) is 6.17. The molecule has 0 spiro atoms. The summed E-state index contributed by atoms with van der Waals surface area (Å²) in [4.78, 5) is 35.9. The molecule has 0 aliphatic carbocycles. The summed E-state index contributed by atoms with van der Waals surface area (Å²) >= 11 is 6.53. The van der Waals surface area contributed by atoms with Crippen molar-refractivity contribution in [2.75, 3.05) is 56.7 Å². The second-order valence-electron chi connectivity index (χ2n) is 12.0. The quantitative estimate of drug-likeness (QED) is 0.211. The number of halogens is 2. The van der Waals surface area contributed by atoms with Gasteiger partial charge in [-0.05, 0) is 86.7 Å². The van der Waals surface area contributed by atoms with Crippen molar-refractivity contribution in [2.45, 2.75) is 31.6 Å². The number of ether oxygens (including phenoxy) is 2. The molecule has 2 aliphatic rings. The van der Waals surface area contributed by atoms with Gasteiger partial charge in [0.15, 0.2) is 18.2 Å². The lowest BCUT2D eigenvalue weighted by molar-refractivity contribution is -0.122. The van der Waals surface area contributed by atoms with Gasteiger partial charge in [-0.1, -0.05) is 23.7 Å². The van der Waals surface area contributed by atoms with E-state index in [1.54, 1.807) is 19.3 Å². The third kappa shape index (κ3) is 8.27. The van der Waals surface area contributed by atoms with Gasteiger partial charge in [-0.3, -0.25) is 9.59 Å². The molecule has 47 heavy (non-hydrogen) atoms. The van der Waals surface area contributed by atoms with Gasteiger partial charge in [-0.15, -0.1) is 12.4 Å². The van der Waals surface area contributed by atoms with E-state index in [0.29, 0.717) is 35.2 Å². The summed E-state index contributed by atoms with van der Waals surface area (Å²) in [5.41, 5.74) is 2.52. The third-order valence-electron chi connectivity index (χ3n) is 8.80. The van der Waals surface area contributed by atoms with Gasteiger partial charge in [0.05, 0.1) is 18.3 Å². The van der Waals surface area contributed by atoms with Gasteiger partial charge < -0.3 is 34.9 Å². The summed E-state index contributed by atoms with van der Waals surface area (Å²) < 4.78 is 13.2. The van der Waals surface area contributed by atoms with Crippen LogP contribution in [-0.4, -0.2) is 66.9 Å². The zero-order chi connectivity index (χ0) is 32.0. The Balaban J connectivity index is 0.00000433. The number of hydrogen-bond acceptors (Lipinski definition) is 9. The average molecular weight is 683 g/mol. The van der Waals surface area contributed by atoms with Gasteiger partial charge in [-0.2, -0.15) is 4.98 Å². The van der Waals surface area contributed by atoms with Crippen molar-refractivity contribution in [2.24, 2.45) is 13.0 Å². The number of aryl methyl sites for hydroxylation is 1. The van der Waals surface area contributed by atoms with Gasteiger partial charge >= 0.3 is 0 Å². The Morgan fingerprint density at radius 2 is 1.87 bits per heavy atom. The predicted octanol–water partition coefficient (Wildman–Crippen LogP) is 5.03. The highest BCUT2D eigenvalue weighted by Gasteiger charge is 2.24. The van der Waals surface area contributed by atoms with Crippen LogP contribution in [-0.2, 0) is 11.8 Å². The highest BCUT2D eigenvalue weighted by Crippen LogP contribution is 2.30. The second kappa shape index (κ2) is 15.7. The van der Waals surface area contributed by atoms with Crippen LogP contribution in [0.25, 0.3) is 10.9 Å². The van der Waals surface area contributed by atoms with Gasteiger partial charge in [0.2, 0.25) is 5.95 Å². The average Bonchev–Trinajstić information content (AvgIpc) is 3.09. The maximum Gasteiger partial charge on any atom is 0.293 e. The number of nitrogens with zero attached hydrogens (tertiary/aromatic N) is 4. The predicted molar refractivity (Wildman–Crippen MR) is 188 cm³/mol. The number of anilines is 3. The molecule has 2 saturated heterocycles. The molecule has 11 nitrogen and oxygen atoms in total. The molecule has 3 N–H and O–H groups in total. The summed E-state index contributed by atoms with van der Waals surface area (Å²) in [5, 5.41) is 10.4. The lowest BCUT2D eigenvalue weighted by Gasteiger charge is -2.32. The Hall–Kier alpha value is -4.06. The minimum absolute atomic E-state index is 0. The molecule has 6 rings (SSSR count). The zero-order valence-electron chi connectivity index (χ0n) is 26.6. The number of nitrogens with one attached hydrogen (secondary N) is 3. The topological polar surface area (TPSA) is 123 Å². The molecular formula is C34H41Cl2N7O4. The first-order valence-electron chi connectivity index (χ1n) is 15.8. The molecule has 2 aromatic carbocycles. The largest absolute Gasteiger partial charge is 0.493 e. The number of carbonyl (C=O) groups is 1. The van der Waals surface area contributed by atoms with E-state index < -0.39 is 0 Å². The smallest absolute Gasteiger partial charge is 0.293 e. The number of benzene rings is 2. The maximum atomic E-state index is 12.7. The van der Waals surface area contributed by atoms with Crippen LogP contribution in [0.4, 0.5) is 17.5 Å². The number of amides is 1. The summed E-state index contributed by atoms with van der Waals surface area (Å²) in [5.74, 6) is 2.75. The minimum Gasteiger partial charge on any atom is -0.493 e. The summed E-state index contributed by atoms with van der Waals surface area (Å²) in [7, 11) is 3.18. The molecular weight excluding hydrogens is 641 g/mol. The first-order chi connectivity index (χ1) is 22.4. The molecule has 13 heteroatoms. The number of fused-ring (bicyclic) bond motifs is 1. The third-order valence-corrected chi connectivity index (χ3v) is 9.08. The molecule has 4 heterocycles. The van der Waals surface area contributed by atoms with Crippen LogP contribution in [0, 0.1) is 5.92 Å². The summed E-state index contributed by atoms with van der Waals surface area (Å²) in [6, 6.07) is 15.8. The van der Waals surface area contributed by atoms with E-state index in [0.717, 1.165) is 61.4 Å². The van der Waals surface area contributed by atoms with Crippen molar-refractivity contribution in [1.82, 2.24) is 25.2 Å². The molecule has 1 amide bonds. The number of hydrogen-bond donors (Lipinski definition) is 3. The molecule has 0 radical (unpaired) electrons. The van der Waals surface area contributed by atoms with E-state index in [4.69, 9.17) is 26.1 Å². The van der Waals surface area contributed by atoms with Crippen LogP contribution in [0.1, 0.15) is 37.2 Å². The molecule has 4 aromatic rings. The standard InChI is InChI=1S/C34H40ClN7O4.ClH/c1-36-31(43)21-46-30-17-25-16-26(7-10-29(25)41(2)33(30)44)39-32-28(35)18-38-34(40-32)42-15-3-4-22(19-42)20-45-27-8-5-23(6-9-27)24-11-13-37-14-12-24;/h5-10,16-18,22,24,37H,3-4,11-15,19-21H2,1-2H3,(H,36,43)(H,38,39,40);1H. The van der Waals surface area contributed by atoms with E-state index in [1.165, 1.54) is 30.0 Å². The highest BCUT2D eigenvalue weighted by molar-refractivity contribution is 6.32. The zero-order valence-corrected chi connectivity index (χ0v) is 28.2. The van der Waals surface area contributed by atoms with Gasteiger partial charge in [0.1, 0.15) is 10.8 Å². The molecule has 2 fully saturated rings. The highest BCUT2D eigenvalue weighted by atomic mass is 35.5. The minimum atomic E-state index is -0.323. The Morgan fingerprint density at radius 1 is 1.09 bits per heavy atom. The van der Waals surface area contributed by atoms with Crippen molar-refractivity contribution >= 4 is 58.3 Å². The monoisotopic (exact) mass is 681 g/mol. The van der Waals surface area contributed by atoms with Crippen molar-refractivity contribution in [1.29, 1.82) is 0 Å². The summed E-state index contributed by atoms with van der Waals surface area (Å²) in [6.45, 7) is 4.20. The number of pyridine rings is 1. The van der Waals surface area contributed by atoms with E-state index in [2.05, 4.69) is 50.1 Å². The van der Waals surface area contributed by atoms with Crippen molar-refractivity contribution in [3.05, 3.63) is 75.7 Å². The van der Waals surface area contributed by atoms with Crippen molar-refractivity contribution in [3.63, 3.8) is 0 Å². The maximum absolute atomic E-state index is 12.7. The fourth-order valence-corrected chi connectivity index (χ4v) is 6.31. The van der Waals surface area contributed by atoms with Crippen LogP contribution < -0.4 is 35.9 Å². The lowest BCUT2D eigenvalue weighted by atomic mass is 9.90. The molecule has 250 valence electrons. The number of piperidine rings is 2. The molecule has 0 saturated carbocycles. The van der Waals surface area contributed by atoms with Crippen LogP contribution in [0.15, 0.2) is 59.5 Å². The number of carbonyl (C=O) groups excluding carboxylic acids is 1. The SMILES string of the molecule is CNC(=O)COc1cc2cc(Nc3nc(N4CCCC(COc5ccc(C6CCNCC6)cc5)C4)ncc3Cl)ccc2n(C)c1=O.Cl. The van der Waals surface area contributed by atoms with E-state index >= 15 is 0 Å². The van der Waals surface area contributed by atoms with Gasteiger partial charge in [-0.25, -0.2) is 4.98 Å². The number of aromatic nitrogens is 3. The van der Waals surface area contributed by atoms with Crippen molar-refractivity contribution < 1.29 is 14.3 Å². The van der Waals surface area contributed by atoms with Gasteiger partial charge in [0.25, 0.3) is 11.5 Å². The number of likely N-dealkylation sites (N-methyl/N-ethyl adjacent to an activating group) is 1. The van der Waals surface area contributed by atoms with Crippen molar-refractivity contribution in [3.8, 4) is 11.5 Å². The summed E-state index contributed by atoms with van der Waals surface area (Å²) in [6.07, 6.45) is 6.09. The fraction of sp³-hybridized carbons (Fsp3) is 0.412. The second-order valence-corrected chi connectivity index (χ2v) is 12.4. The molecule has 2 aliphatic heterocycles. The van der Waals surface area contributed by atoms with Crippen LogP contribution >= 0.6 is 24.0 Å². The molecule has 1 unspecified atom stereocenters. The Labute approximate surface area is 285 Å². The molecule has 1 atom stereocenters. The van der Waals surface area contributed by atoms with E-state index in [1.807, 2.05) is 18.2 Å². The number of rotatable bonds is 10. The first kappa shape index (κ1) is 34.3. The van der Waals surface area contributed by atoms with Crippen LogP contribution in [0.2, 0.25) is 5.02 Å². The first-order valence-corrected chi connectivity index (χ1v) is 16.2. The Bertz CT molecular complexity index is 1750. The Kier molecular flexibility index (Phi) is 11.4. The molecule has 0 bridgehead atoms. The normalized spacial score (nSPS) is 16.7. The van der Waals surface area contributed by atoms with E-state index in [-0.39, 0.29) is 36.2 Å². The Morgan fingerprint density at radius 3 is 2.64 bits per heavy atom. The van der Waals surface area contributed by atoms with E-state index in [9.17, 15) is 9.59 Å². The molecule has 2 aromatic heterocycles.